The number of ketones is 1. The first-order chi connectivity index (χ1) is 20.7. The number of carbonyl (C=O) groups excluding carboxylic acids is 3. The number of halogens is 1. The second-order valence-electron chi connectivity index (χ2n) is 9.85. The Morgan fingerprint density at radius 2 is 1.60 bits per heavy atom. The van der Waals surface area contributed by atoms with Crippen molar-refractivity contribution in [3.63, 3.8) is 0 Å². The highest BCUT2D eigenvalue weighted by Gasteiger charge is 2.32. The zero-order valence-electron chi connectivity index (χ0n) is 24.1. The first-order valence-electron chi connectivity index (χ1n) is 13.7. The fourth-order valence-electron chi connectivity index (χ4n) is 4.60. The number of benzene rings is 3. The van der Waals surface area contributed by atoms with Crippen molar-refractivity contribution >= 4 is 17.7 Å². The van der Waals surface area contributed by atoms with Gasteiger partial charge in [-0.1, -0.05) is 66.7 Å². The quantitative estimate of drug-likeness (QED) is 0.132. The van der Waals surface area contributed by atoms with Gasteiger partial charge >= 0.3 is 11.9 Å². The van der Waals surface area contributed by atoms with Crippen molar-refractivity contribution in [2.45, 2.75) is 38.9 Å². The molecule has 4 rings (SSSR count). The molecule has 1 heterocycles. The number of aromatic nitrogens is 1. The average Bonchev–Trinajstić information content (AvgIpc) is 3.00. The molecule has 4 aromatic rings. The maximum absolute atomic E-state index is 13.9. The van der Waals surface area contributed by atoms with Crippen LogP contribution in [0.2, 0.25) is 0 Å². The Balaban J connectivity index is 1.61. The van der Waals surface area contributed by atoms with Crippen LogP contribution in [0.25, 0.3) is 0 Å². The maximum Gasteiger partial charge on any atom is 0.310 e. The molecular weight excluding hydrogens is 553 g/mol. The number of hydrogen-bond acceptors (Lipinski definition) is 8. The molecule has 3 aromatic carbocycles. The van der Waals surface area contributed by atoms with Crippen LogP contribution < -0.4 is 14.2 Å². The smallest absolute Gasteiger partial charge is 0.310 e. The largest absolute Gasteiger partial charge is 0.493 e. The fourth-order valence-corrected chi connectivity index (χ4v) is 4.60. The van der Waals surface area contributed by atoms with E-state index in [4.69, 9.17) is 18.9 Å². The van der Waals surface area contributed by atoms with Gasteiger partial charge in [0.25, 0.3) is 0 Å². The highest BCUT2D eigenvalue weighted by atomic mass is 19.1. The van der Waals surface area contributed by atoms with E-state index in [2.05, 4.69) is 4.98 Å². The molecule has 0 aliphatic heterocycles. The first kappa shape index (κ1) is 30.9. The zero-order chi connectivity index (χ0) is 30.8. The summed E-state index contributed by atoms with van der Waals surface area (Å²) >= 11 is 0. The number of rotatable bonds is 13. The Bertz CT molecular complexity index is 1550. The van der Waals surface area contributed by atoms with Crippen molar-refractivity contribution in [1.82, 2.24) is 4.98 Å². The van der Waals surface area contributed by atoms with Crippen molar-refractivity contribution < 1.29 is 37.7 Å². The van der Waals surface area contributed by atoms with Crippen LogP contribution in [-0.4, -0.2) is 35.9 Å². The van der Waals surface area contributed by atoms with Crippen molar-refractivity contribution in [3.8, 4) is 17.2 Å². The molecule has 0 amide bonds. The van der Waals surface area contributed by atoms with Crippen LogP contribution in [-0.2, 0) is 20.7 Å². The molecule has 0 aliphatic rings. The lowest BCUT2D eigenvalue weighted by molar-refractivity contribution is -0.158. The minimum atomic E-state index is -0.916. The monoisotopic (exact) mass is 585 g/mol. The highest BCUT2D eigenvalue weighted by Crippen LogP contribution is 2.32. The number of methoxy groups -OCH3 is 1. The van der Waals surface area contributed by atoms with E-state index in [-0.39, 0.29) is 35.8 Å². The second-order valence-corrected chi connectivity index (χ2v) is 9.85. The van der Waals surface area contributed by atoms with Crippen LogP contribution in [0.15, 0.2) is 97.2 Å². The van der Waals surface area contributed by atoms with Gasteiger partial charge < -0.3 is 18.9 Å². The van der Waals surface area contributed by atoms with Crippen molar-refractivity contribution in [2.24, 2.45) is 5.92 Å². The fraction of sp³-hybridized carbons (Fsp3) is 0.235. The van der Waals surface area contributed by atoms with Crippen molar-refractivity contribution in [2.75, 3.05) is 7.11 Å². The van der Waals surface area contributed by atoms with Crippen LogP contribution in [0, 0.1) is 11.7 Å². The second kappa shape index (κ2) is 14.7. The minimum Gasteiger partial charge on any atom is -0.493 e. The number of hydrogen-bond donors (Lipinski definition) is 0. The van der Waals surface area contributed by atoms with E-state index in [1.807, 2.05) is 60.7 Å². The number of Topliss-reactive ketones (excluding diaryl/α,β-unsaturated/α-hetero) is 1. The molecule has 0 saturated heterocycles. The van der Waals surface area contributed by atoms with Gasteiger partial charge in [0, 0.05) is 31.7 Å². The summed E-state index contributed by atoms with van der Waals surface area (Å²) in [6.45, 7) is 2.88. The number of carbonyl (C=O) groups is 3. The molecule has 3 atom stereocenters. The number of esters is 2. The summed E-state index contributed by atoms with van der Waals surface area (Å²) in [5, 5.41) is 0. The third-order valence-electron chi connectivity index (χ3n) is 6.60. The Morgan fingerprint density at radius 3 is 2.26 bits per heavy atom. The molecule has 0 fully saturated rings. The minimum absolute atomic E-state index is 0.115. The number of ether oxygens (including phenoxy) is 4. The average molecular weight is 586 g/mol. The molecule has 222 valence electrons. The molecule has 1 aromatic heterocycles. The van der Waals surface area contributed by atoms with Gasteiger partial charge in [-0.05, 0) is 36.6 Å². The molecule has 9 heteroatoms. The van der Waals surface area contributed by atoms with Crippen LogP contribution >= 0.6 is 0 Å². The Labute approximate surface area is 249 Å². The molecule has 8 nitrogen and oxygen atoms in total. The lowest BCUT2D eigenvalue weighted by Crippen LogP contribution is -2.31. The summed E-state index contributed by atoms with van der Waals surface area (Å²) in [4.78, 5) is 43.2. The molecule has 0 radical (unpaired) electrons. The molecule has 0 unspecified atom stereocenters. The third-order valence-corrected chi connectivity index (χ3v) is 6.60. The van der Waals surface area contributed by atoms with E-state index >= 15 is 0 Å². The van der Waals surface area contributed by atoms with Crippen LogP contribution in [0.1, 0.15) is 48.0 Å². The van der Waals surface area contributed by atoms with Gasteiger partial charge in [0.1, 0.15) is 17.7 Å². The number of pyridine rings is 1. The predicted octanol–water partition coefficient (Wildman–Crippen LogP) is 6.34. The normalized spacial score (nSPS) is 12.8. The number of nitrogens with zero attached hydrogens (tertiary/aromatic N) is 1. The lowest BCUT2D eigenvalue weighted by Gasteiger charge is -2.27. The molecule has 0 N–H and O–H groups in total. The Hall–Kier alpha value is -5.05. The topological polar surface area (TPSA) is 101 Å². The molecule has 0 spiro atoms. The van der Waals surface area contributed by atoms with E-state index in [1.165, 1.54) is 44.5 Å². The molecule has 43 heavy (non-hydrogen) atoms. The highest BCUT2D eigenvalue weighted by molar-refractivity contribution is 6.00. The van der Waals surface area contributed by atoms with Gasteiger partial charge in [-0.2, -0.15) is 0 Å². The van der Waals surface area contributed by atoms with Gasteiger partial charge in [0.05, 0.1) is 13.0 Å². The van der Waals surface area contributed by atoms with Crippen molar-refractivity contribution in [3.05, 3.63) is 120 Å². The summed E-state index contributed by atoms with van der Waals surface area (Å²) in [7, 11) is 1.38. The summed E-state index contributed by atoms with van der Waals surface area (Å²) < 4.78 is 36.5. The van der Waals surface area contributed by atoms with Gasteiger partial charge in [0.15, 0.2) is 23.3 Å². The standard InChI is InChI=1S/C34H32FNO7/c1-22(32(25-13-8-5-9-14-25)43-28-16-10-15-27(35)21-28)41-34(39)26(19-24-11-6-4-7-12-24)20-29(38)31-33(42-23(2)37)30(40-3)17-18-36-31/h4-18,21-22,26,32H,19-20H2,1-3H3/t22-,26+,32-/m0/s1. The lowest BCUT2D eigenvalue weighted by atomic mass is 9.93. The van der Waals surface area contributed by atoms with E-state index in [0.29, 0.717) is 5.56 Å². The third kappa shape index (κ3) is 8.48. The maximum atomic E-state index is 13.9. The molecular formula is C34H32FNO7. The van der Waals surface area contributed by atoms with Gasteiger partial charge in [-0.3, -0.25) is 14.4 Å². The van der Waals surface area contributed by atoms with E-state index < -0.39 is 41.7 Å². The first-order valence-corrected chi connectivity index (χ1v) is 13.7. The van der Waals surface area contributed by atoms with Crippen LogP contribution in [0.5, 0.6) is 17.2 Å². The molecule has 0 bridgehead atoms. The van der Waals surface area contributed by atoms with Crippen LogP contribution in [0.3, 0.4) is 0 Å². The van der Waals surface area contributed by atoms with Gasteiger partial charge in [0.2, 0.25) is 5.75 Å². The van der Waals surface area contributed by atoms with Gasteiger partial charge in [-0.25, -0.2) is 9.37 Å². The summed E-state index contributed by atoms with van der Waals surface area (Å²) in [6.07, 6.45) is -0.310. The van der Waals surface area contributed by atoms with Crippen LogP contribution in [0.4, 0.5) is 4.39 Å². The summed E-state index contributed by atoms with van der Waals surface area (Å²) in [5.41, 5.74) is 1.40. The molecule has 0 saturated carbocycles. The zero-order valence-corrected chi connectivity index (χ0v) is 24.1. The van der Waals surface area contributed by atoms with E-state index in [1.54, 1.807) is 13.0 Å². The SMILES string of the molecule is COc1ccnc(C(=O)C[C@@H](Cc2ccccc2)C(=O)O[C@@H](C)[C@H](Oc2cccc(F)c2)c2ccccc2)c1OC(C)=O. The van der Waals surface area contributed by atoms with E-state index in [9.17, 15) is 18.8 Å². The Kier molecular flexibility index (Phi) is 10.6. The molecule has 0 aliphatic carbocycles. The van der Waals surface area contributed by atoms with Crippen molar-refractivity contribution in [1.29, 1.82) is 0 Å². The van der Waals surface area contributed by atoms with E-state index in [0.717, 1.165) is 5.56 Å². The summed E-state index contributed by atoms with van der Waals surface area (Å²) in [5.74, 6) is -2.88. The summed E-state index contributed by atoms with van der Waals surface area (Å²) in [6, 6.07) is 25.5. The Morgan fingerprint density at radius 1 is 0.907 bits per heavy atom. The van der Waals surface area contributed by atoms with Gasteiger partial charge in [-0.15, -0.1) is 0 Å². The predicted molar refractivity (Wildman–Crippen MR) is 156 cm³/mol.